The van der Waals surface area contributed by atoms with E-state index in [-0.39, 0.29) is 30.5 Å². The Kier molecular flexibility index (Phi) is 7.71. The van der Waals surface area contributed by atoms with Crippen LogP contribution in [0.1, 0.15) is 37.0 Å². The van der Waals surface area contributed by atoms with Crippen LogP contribution >= 0.6 is 0 Å². The Labute approximate surface area is 266 Å². The number of anilines is 5. The van der Waals surface area contributed by atoms with Gasteiger partial charge in [-0.2, -0.15) is 0 Å². The molecule has 2 saturated heterocycles. The second-order valence-electron chi connectivity index (χ2n) is 11.6. The number of rotatable bonds is 8. The molecule has 5 heterocycles. The number of hydrogen-bond donors (Lipinski definition) is 3. The molecule has 2 aromatic carbocycles. The molecule has 46 heavy (non-hydrogen) atoms. The number of nitrogens with one attached hydrogen (secondary N) is 2. The van der Waals surface area contributed by atoms with Crippen molar-refractivity contribution in [1.29, 1.82) is 0 Å². The molecule has 0 bridgehead atoms. The molecule has 1 unspecified atom stereocenters. The van der Waals surface area contributed by atoms with E-state index in [9.17, 15) is 14.4 Å². The largest absolute Gasteiger partial charge is 0.485 e. The highest BCUT2D eigenvalue weighted by Gasteiger charge is 2.30. The first-order valence-corrected chi connectivity index (χ1v) is 15.3. The van der Waals surface area contributed by atoms with Gasteiger partial charge in [0.2, 0.25) is 11.8 Å². The standard InChI is InChI=1S/C34H34N8O4/c1-21-28-15-31(37-19-29(28)27-9-8-25(14-30(27)46-21)41-10-2-3-33(41)44)38-24-13-26(18-36-17-24)42-12-11-40(34(42)45)20-22-4-6-23(7-5-22)39-32(43)16-35/h4-9,13-15,17-19,21H,2-3,10-12,16,20,35H2,1H3,(H,37,38)(H,39,43). The average Bonchev–Trinajstić information content (AvgIpc) is 3.66. The van der Waals surface area contributed by atoms with Crippen molar-refractivity contribution in [3.8, 4) is 16.9 Å². The summed E-state index contributed by atoms with van der Waals surface area (Å²) in [7, 11) is 0. The molecule has 7 rings (SSSR count). The number of hydrogen-bond acceptors (Lipinski definition) is 8. The third kappa shape index (κ3) is 5.70. The predicted molar refractivity (Wildman–Crippen MR) is 175 cm³/mol. The van der Waals surface area contributed by atoms with E-state index in [0.717, 1.165) is 46.7 Å². The van der Waals surface area contributed by atoms with Gasteiger partial charge < -0.3 is 30.9 Å². The molecule has 234 valence electrons. The minimum absolute atomic E-state index is 0.0796. The summed E-state index contributed by atoms with van der Waals surface area (Å²) in [6.45, 7) is 4.21. The molecular weight excluding hydrogens is 584 g/mol. The molecule has 12 heteroatoms. The molecule has 12 nitrogen and oxygen atoms in total. The number of urea groups is 1. The van der Waals surface area contributed by atoms with Gasteiger partial charge in [0.25, 0.3) is 0 Å². The maximum atomic E-state index is 13.3. The average molecular weight is 619 g/mol. The predicted octanol–water partition coefficient (Wildman–Crippen LogP) is 4.81. The molecule has 1 atom stereocenters. The molecule has 4 amide bonds. The number of amides is 4. The molecule has 3 aliphatic heterocycles. The molecule has 4 N–H and O–H groups in total. The fraction of sp³-hybridized carbons (Fsp3) is 0.265. The Balaban J connectivity index is 1.03. The van der Waals surface area contributed by atoms with Crippen molar-refractivity contribution in [3.63, 3.8) is 0 Å². The van der Waals surface area contributed by atoms with Crippen LogP contribution in [-0.4, -0.2) is 58.9 Å². The maximum Gasteiger partial charge on any atom is 0.324 e. The van der Waals surface area contributed by atoms with Crippen LogP contribution in [0.25, 0.3) is 11.1 Å². The maximum absolute atomic E-state index is 13.3. The number of pyridine rings is 2. The third-order valence-electron chi connectivity index (χ3n) is 8.52. The van der Waals surface area contributed by atoms with Crippen LogP contribution < -0.4 is 30.9 Å². The quantitative estimate of drug-likeness (QED) is 0.255. The zero-order valence-electron chi connectivity index (χ0n) is 25.4. The van der Waals surface area contributed by atoms with Gasteiger partial charge in [-0.15, -0.1) is 0 Å². The summed E-state index contributed by atoms with van der Waals surface area (Å²) in [6.07, 6.45) is 6.46. The fourth-order valence-electron chi connectivity index (χ4n) is 6.16. The van der Waals surface area contributed by atoms with Crippen molar-refractivity contribution < 1.29 is 19.1 Å². The van der Waals surface area contributed by atoms with Gasteiger partial charge in [0.1, 0.15) is 17.7 Å². The number of benzene rings is 2. The van der Waals surface area contributed by atoms with E-state index in [2.05, 4.69) is 20.6 Å². The summed E-state index contributed by atoms with van der Waals surface area (Å²) in [6, 6.07) is 17.1. The zero-order chi connectivity index (χ0) is 31.8. The zero-order valence-corrected chi connectivity index (χ0v) is 25.4. The fourth-order valence-corrected chi connectivity index (χ4v) is 6.16. The van der Waals surface area contributed by atoms with Gasteiger partial charge >= 0.3 is 6.03 Å². The lowest BCUT2D eigenvalue weighted by Crippen LogP contribution is -2.31. The first-order chi connectivity index (χ1) is 22.4. The van der Waals surface area contributed by atoms with Gasteiger partial charge in [0, 0.05) is 72.9 Å². The molecule has 3 aliphatic rings. The Hall–Kier alpha value is -5.49. The summed E-state index contributed by atoms with van der Waals surface area (Å²) < 4.78 is 6.30. The second-order valence-corrected chi connectivity index (χ2v) is 11.6. The van der Waals surface area contributed by atoms with Crippen LogP contribution in [0.5, 0.6) is 5.75 Å². The second kappa shape index (κ2) is 12.1. The SMILES string of the molecule is CC1Oc2cc(N3CCCC3=O)ccc2-c2cnc(Nc3cncc(N4CCN(Cc5ccc(NC(=O)CN)cc5)C4=O)c3)cc21. The molecule has 2 fully saturated rings. The van der Waals surface area contributed by atoms with Gasteiger partial charge in [-0.25, -0.2) is 9.78 Å². The summed E-state index contributed by atoms with van der Waals surface area (Å²) in [5, 5.41) is 6.06. The number of carbonyl (C=O) groups is 3. The lowest BCUT2D eigenvalue weighted by atomic mass is 9.94. The number of fused-ring (bicyclic) bond motifs is 3. The van der Waals surface area contributed by atoms with Crippen LogP contribution in [0.3, 0.4) is 0 Å². The molecule has 4 aromatic rings. The van der Waals surface area contributed by atoms with Crippen LogP contribution in [0.4, 0.5) is 33.4 Å². The van der Waals surface area contributed by atoms with E-state index in [1.165, 1.54) is 0 Å². The van der Waals surface area contributed by atoms with Crippen molar-refractivity contribution >= 4 is 46.4 Å². The van der Waals surface area contributed by atoms with Gasteiger partial charge in [-0.05, 0) is 55.3 Å². The molecule has 0 aliphatic carbocycles. The highest BCUT2D eigenvalue weighted by molar-refractivity contribution is 5.96. The van der Waals surface area contributed by atoms with Crippen molar-refractivity contribution in [2.45, 2.75) is 32.4 Å². The minimum atomic E-state index is -0.257. The number of aromatic nitrogens is 2. The minimum Gasteiger partial charge on any atom is -0.485 e. The summed E-state index contributed by atoms with van der Waals surface area (Å²) in [5.41, 5.74) is 12.2. The summed E-state index contributed by atoms with van der Waals surface area (Å²) in [5.74, 6) is 1.27. The van der Waals surface area contributed by atoms with Crippen LogP contribution in [0.2, 0.25) is 0 Å². The summed E-state index contributed by atoms with van der Waals surface area (Å²) >= 11 is 0. The Morgan fingerprint density at radius 3 is 2.57 bits per heavy atom. The topological polar surface area (TPSA) is 146 Å². The molecule has 0 radical (unpaired) electrons. The first kappa shape index (κ1) is 29.2. The van der Waals surface area contributed by atoms with E-state index in [4.69, 9.17) is 10.5 Å². The van der Waals surface area contributed by atoms with Crippen LogP contribution in [0.15, 0.2) is 73.2 Å². The molecular formula is C34H34N8O4. The van der Waals surface area contributed by atoms with E-state index >= 15 is 0 Å². The van der Waals surface area contributed by atoms with Gasteiger partial charge in [0.15, 0.2) is 0 Å². The molecule has 0 spiro atoms. The Morgan fingerprint density at radius 2 is 1.78 bits per heavy atom. The lowest BCUT2D eigenvalue weighted by Gasteiger charge is -2.28. The number of carbonyl (C=O) groups excluding carboxylic acids is 3. The van der Waals surface area contributed by atoms with Gasteiger partial charge in [-0.3, -0.25) is 19.5 Å². The van der Waals surface area contributed by atoms with Crippen molar-refractivity contribution in [2.24, 2.45) is 5.73 Å². The number of nitrogens with zero attached hydrogens (tertiary/aromatic N) is 5. The normalized spacial score (nSPS) is 17.1. The Morgan fingerprint density at radius 1 is 0.935 bits per heavy atom. The number of ether oxygens (including phenoxy) is 1. The van der Waals surface area contributed by atoms with Gasteiger partial charge in [-0.1, -0.05) is 12.1 Å². The van der Waals surface area contributed by atoms with Crippen LogP contribution in [0, 0.1) is 0 Å². The first-order valence-electron chi connectivity index (χ1n) is 15.3. The summed E-state index contributed by atoms with van der Waals surface area (Å²) in [4.78, 5) is 51.5. The monoisotopic (exact) mass is 618 g/mol. The van der Waals surface area contributed by atoms with Crippen molar-refractivity contribution in [2.75, 3.05) is 46.6 Å². The number of nitrogens with two attached hydrogens (primary N) is 1. The van der Waals surface area contributed by atoms with E-state index in [1.807, 2.05) is 60.5 Å². The van der Waals surface area contributed by atoms with Gasteiger partial charge in [0.05, 0.1) is 30.3 Å². The lowest BCUT2D eigenvalue weighted by molar-refractivity contribution is -0.117. The van der Waals surface area contributed by atoms with Crippen molar-refractivity contribution in [3.05, 3.63) is 84.3 Å². The molecule has 2 aromatic heterocycles. The van der Waals surface area contributed by atoms with E-state index in [0.29, 0.717) is 48.9 Å². The highest BCUT2D eigenvalue weighted by atomic mass is 16.5. The van der Waals surface area contributed by atoms with E-state index in [1.54, 1.807) is 34.3 Å². The van der Waals surface area contributed by atoms with Crippen LogP contribution in [-0.2, 0) is 16.1 Å². The smallest absolute Gasteiger partial charge is 0.324 e. The van der Waals surface area contributed by atoms with Crippen molar-refractivity contribution in [1.82, 2.24) is 14.9 Å². The molecule has 0 saturated carbocycles. The Bertz CT molecular complexity index is 1830. The third-order valence-corrected chi connectivity index (χ3v) is 8.52. The highest BCUT2D eigenvalue weighted by Crippen LogP contribution is 2.44. The van der Waals surface area contributed by atoms with E-state index < -0.39 is 0 Å².